The zero-order valence-corrected chi connectivity index (χ0v) is 17.4. The van der Waals surface area contributed by atoms with E-state index in [1.54, 1.807) is 0 Å². The van der Waals surface area contributed by atoms with E-state index in [2.05, 4.69) is 60.6 Å². The number of carbonyl (C=O) groups excluding carboxylic acids is 1. The summed E-state index contributed by atoms with van der Waals surface area (Å²) in [6, 6.07) is 9.21. The van der Waals surface area contributed by atoms with Crippen LogP contribution in [0.5, 0.6) is 0 Å². The molecule has 1 aromatic carbocycles. The van der Waals surface area contributed by atoms with E-state index in [1.165, 1.54) is 11.1 Å². The number of hydrogen-bond acceptors (Lipinski definition) is 5. The molecule has 0 bridgehead atoms. The normalized spacial score (nSPS) is 15.0. The summed E-state index contributed by atoms with van der Waals surface area (Å²) in [5.41, 5.74) is 2.72. The van der Waals surface area contributed by atoms with Gasteiger partial charge in [-0.25, -0.2) is 4.79 Å². The van der Waals surface area contributed by atoms with Crippen molar-refractivity contribution in [1.29, 1.82) is 0 Å². The van der Waals surface area contributed by atoms with Gasteiger partial charge in [-0.1, -0.05) is 57.1 Å². The van der Waals surface area contributed by atoms with Crippen LogP contribution in [0.4, 0.5) is 10.8 Å². The highest BCUT2D eigenvalue weighted by molar-refractivity contribution is 5.74. The number of piperazine rings is 1. The number of amides is 2. The molecular weight excluding hydrogens is 354 g/mol. The summed E-state index contributed by atoms with van der Waals surface area (Å²) in [6.07, 6.45) is 1.56. The smallest absolute Gasteiger partial charge is 0.318 e. The van der Waals surface area contributed by atoms with Crippen LogP contribution in [-0.2, 0) is 18.3 Å². The summed E-state index contributed by atoms with van der Waals surface area (Å²) in [5.74, 6) is 0.644. The quantitative estimate of drug-likeness (QED) is 0.856. The van der Waals surface area contributed by atoms with Gasteiger partial charge in [-0.15, -0.1) is 5.10 Å². The first-order valence-corrected chi connectivity index (χ1v) is 10.1. The van der Waals surface area contributed by atoms with Crippen LogP contribution in [0.2, 0.25) is 0 Å². The van der Waals surface area contributed by atoms with E-state index in [0.717, 1.165) is 12.8 Å². The van der Waals surface area contributed by atoms with Crippen LogP contribution < -0.4 is 10.2 Å². The molecular formula is C21H31N5O2. The van der Waals surface area contributed by atoms with Gasteiger partial charge in [-0.2, -0.15) is 0 Å². The molecule has 7 heteroatoms. The molecule has 0 unspecified atom stereocenters. The van der Waals surface area contributed by atoms with Crippen molar-refractivity contribution in [3.8, 4) is 0 Å². The Bertz CT molecular complexity index is 771. The van der Waals surface area contributed by atoms with Crippen LogP contribution in [0.3, 0.4) is 0 Å². The zero-order valence-electron chi connectivity index (χ0n) is 17.4. The van der Waals surface area contributed by atoms with Crippen molar-refractivity contribution in [2.24, 2.45) is 0 Å². The third-order valence-corrected chi connectivity index (χ3v) is 5.11. The fourth-order valence-corrected chi connectivity index (χ4v) is 3.21. The second kappa shape index (κ2) is 8.63. The van der Waals surface area contributed by atoms with Gasteiger partial charge in [0.25, 0.3) is 0 Å². The Morgan fingerprint density at radius 2 is 1.79 bits per heavy atom. The van der Waals surface area contributed by atoms with Gasteiger partial charge < -0.3 is 19.5 Å². The minimum atomic E-state index is -0.00858. The van der Waals surface area contributed by atoms with Crippen molar-refractivity contribution in [3.63, 3.8) is 0 Å². The van der Waals surface area contributed by atoms with Gasteiger partial charge in [0.1, 0.15) is 0 Å². The molecule has 28 heavy (non-hydrogen) atoms. The van der Waals surface area contributed by atoms with E-state index in [9.17, 15) is 4.79 Å². The van der Waals surface area contributed by atoms with Crippen LogP contribution in [0, 0.1) is 0 Å². The van der Waals surface area contributed by atoms with Gasteiger partial charge in [0.2, 0.25) is 5.89 Å². The van der Waals surface area contributed by atoms with Crippen LogP contribution in [0.25, 0.3) is 0 Å². The molecule has 0 saturated carbocycles. The number of anilines is 1. The lowest BCUT2D eigenvalue weighted by atomic mass is 9.86. The Labute approximate surface area is 167 Å². The first kappa shape index (κ1) is 20.2. The van der Waals surface area contributed by atoms with E-state index in [4.69, 9.17) is 4.42 Å². The van der Waals surface area contributed by atoms with Crippen LogP contribution in [0.1, 0.15) is 44.7 Å². The minimum Gasteiger partial charge on any atom is -0.408 e. The molecule has 1 aliphatic rings. The highest BCUT2D eigenvalue weighted by Crippen LogP contribution is 2.22. The molecule has 1 aromatic heterocycles. The average molecular weight is 386 g/mol. The van der Waals surface area contributed by atoms with Crippen molar-refractivity contribution in [2.75, 3.05) is 37.6 Å². The molecule has 2 heterocycles. The highest BCUT2D eigenvalue weighted by atomic mass is 16.4. The van der Waals surface area contributed by atoms with Crippen molar-refractivity contribution < 1.29 is 9.21 Å². The van der Waals surface area contributed by atoms with Gasteiger partial charge in [-0.05, 0) is 23.0 Å². The number of rotatable bonds is 5. The van der Waals surface area contributed by atoms with Gasteiger partial charge >= 0.3 is 12.0 Å². The van der Waals surface area contributed by atoms with Gasteiger partial charge in [0.05, 0.1) is 0 Å². The maximum absolute atomic E-state index is 12.4. The Morgan fingerprint density at radius 3 is 2.36 bits per heavy atom. The van der Waals surface area contributed by atoms with Crippen molar-refractivity contribution in [2.45, 2.75) is 46.0 Å². The number of carbonyl (C=O) groups is 1. The Kier molecular flexibility index (Phi) is 6.21. The maximum atomic E-state index is 12.4. The Hall–Kier alpha value is -2.57. The second-order valence-corrected chi connectivity index (χ2v) is 8.23. The monoisotopic (exact) mass is 385 g/mol. The fraction of sp³-hybridized carbons (Fsp3) is 0.571. The van der Waals surface area contributed by atoms with Gasteiger partial charge in [0.15, 0.2) is 0 Å². The SMILES string of the molecule is CCc1nnc(N2CCN(C(=O)NCCc3ccc(C(C)(C)C)cc3)CC2)o1. The van der Waals surface area contributed by atoms with E-state index in [-0.39, 0.29) is 11.4 Å². The molecule has 1 aliphatic heterocycles. The molecule has 0 radical (unpaired) electrons. The summed E-state index contributed by atoms with van der Waals surface area (Å²) >= 11 is 0. The third kappa shape index (κ3) is 5.03. The number of urea groups is 1. The molecule has 2 aromatic rings. The number of benzene rings is 1. The molecule has 3 rings (SSSR count). The third-order valence-electron chi connectivity index (χ3n) is 5.11. The van der Waals surface area contributed by atoms with E-state index < -0.39 is 0 Å². The average Bonchev–Trinajstić information content (AvgIpc) is 3.17. The number of aryl methyl sites for hydroxylation is 1. The minimum absolute atomic E-state index is 0.00858. The predicted molar refractivity (Wildman–Crippen MR) is 110 cm³/mol. The zero-order chi connectivity index (χ0) is 20.1. The van der Waals surface area contributed by atoms with Crippen molar-refractivity contribution in [1.82, 2.24) is 20.4 Å². The number of hydrogen-bond donors (Lipinski definition) is 1. The lowest BCUT2D eigenvalue weighted by Gasteiger charge is -2.33. The number of aromatic nitrogens is 2. The van der Waals surface area contributed by atoms with E-state index >= 15 is 0 Å². The van der Waals surface area contributed by atoms with E-state index in [1.807, 2.05) is 16.7 Å². The molecule has 1 N–H and O–H groups in total. The molecule has 7 nitrogen and oxygen atoms in total. The summed E-state index contributed by atoms with van der Waals surface area (Å²) in [4.78, 5) is 16.3. The first-order valence-electron chi connectivity index (χ1n) is 10.1. The van der Waals surface area contributed by atoms with Crippen molar-refractivity contribution >= 4 is 12.0 Å². The summed E-state index contributed by atoms with van der Waals surface area (Å²) < 4.78 is 5.60. The van der Waals surface area contributed by atoms with E-state index in [0.29, 0.717) is 44.6 Å². The van der Waals surface area contributed by atoms with Crippen LogP contribution in [-0.4, -0.2) is 53.9 Å². The van der Waals surface area contributed by atoms with Gasteiger partial charge in [-0.3, -0.25) is 0 Å². The maximum Gasteiger partial charge on any atom is 0.318 e. The second-order valence-electron chi connectivity index (χ2n) is 8.23. The fourth-order valence-electron chi connectivity index (χ4n) is 3.21. The summed E-state index contributed by atoms with van der Waals surface area (Å²) in [5, 5.41) is 11.1. The molecule has 2 amide bonds. The largest absolute Gasteiger partial charge is 0.408 e. The van der Waals surface area contributed by atoms with Crippen LogP contribution in [0.15, 0.2) is 28.7 Å². The highest BCUT2D eigenvalue weighted by Gasteiger charge is 2.24. The number of nitrogens with one attached hydrogen (secondary N) is 1. The molecule has 152 valence electrons. The lowest BCUT2D eigenvalue weighted by molar-refractivity contribution is 0.193. The van der Waals surface area contributed by atoms with Gasteiger partial charge in [0, 0.05) is 39.1 Å². The van der Waals surface area contributed by atoms with Crippen LogP contribution >= 0.6 is 0 Å². The Morgan fingerprint density at radius 1 is 1.11 bits per heavy atom. The first-order chi connectivity index (χ1) is 13.4. The molecule has 1 saturated heterocycles. The molecule has 0 atom stereocenters. The number of nitrogens with zero attached hydrogens (tertiary/aromatic N) is 4. The molecule has 1 fully saturated rings. The van der Waals surface area contributed by atoms with Crippen molar-refractivity contribution in [3.05, 3.63) is 41.3 Å². The topological polar surface area (TPSA) is 74.5 Å². The summed E-state index contributed by atoms with van der Waals surface area (Å²) in [7, 11) is 0. The molecule has 0 spiro atoms. The Balaban J connectivity index is 1.41. The molecule has 0 aliphatic carbocycles. The standard InChI is InChI=1S/C21H31N5O2/c1-5-18-23-24-20(28-18)26-14-12-25(13-15-26)19(27)22-11-10-16-6-8-17(9-7-16)21(2,3)4/h6-9H,5,10-15H2,1-4H3,(H,22,27). The predicted octanol–water partition coefficient (Wildman–Crippen LogP) is 3.00. The lowest BCUT2D eigenvalue weighted by Crippen LogP contribution is -2.52. The summed E-state index contributed by atoms with van der Waals surface area (Å²) in [6.45, 7) is 12.0.